The molecule has 0 aliphatic carbocycles. The Morgan fingerprint density at radius 3 is 2.33 bits per heavy atom. The summed E-state index contributed by atoms with van der Waals surface area (Å²) in [6.07, 6.45) is 2.48. The molecule has 6 heteroatoms. The highest BCUT2D eigenvalue weighted by Gasteiger charge is 2.22. The van der Waals surface area contributed by atoms with E-state index in [2.05, 4.69) is 10.6 Å². The molecule has 2 aromatic rings. The summed E-state index contributed by atoms with van der Waals surface area (Å²) in [6.45, 7) is 2.06. The molecule has 2 aromatic carbocycles. The van der Waals surface area contributed by atoms with Crippen LogP contribution in [-0.2, 0) is 9.59 Å². The number of rotatable bonds is 7. The number of anilines is 1. The van der Waals surface area contributed by atoms with Crippen molar-refractivity contribution in [2.24, 2.45) is 0 Å². The van der Waals surface area contributed by atoms with Crippen LogP contribution < -0.4 is 10.6 Å². The molecular weight excluding hydrogens is 345 g/mol. The van der Waals surface area contributed by atoms with Crippen molar-refractivity contribution in [1.82, 2.24) is 10.2 Å². The highest BCUT2D eigenvalue weighted by molar-refractivity contribution is 5.95. The third-order valence-corrected chi connectivity index (χ3v) is 4.65. The van der Waals surface area contributed by atoms with E-state index in [4.69, 9.17) is 0 Å². The molecule has 1 aliphatic rings. The highest BCUT2D eigenvalue weighted by Crippen LogP contribution is 2.17. The van der Waals surface area contributed by atoms with Crippen molar-refractivity contribution in [3.63, 3.8) is 0 Å². The Morgan fingerprint density at radius 1 is 1.00 bits per heavy atom. The van der Waals surface area contributed by atoms with Gasteiger partial charge in [-0.05, 0) is 42.7 Å². The number of halogens is 1. The zero-order chi connectivity index (χ0) is 19.1. The molecule has 0 bridgehead atoms. The monoisotopic (exact) mass is 369 g/mol. The molecule has 0 radical (unpaired) electrons. The molecule has 0 spiro atoms. The molecule has 0 aromatic heterocycles. The van der Waals surface area contributed by atoms with Crippen LogP contribution >= 0.6 is 0 Å². The van der Waals surface area contributed by atoms with Crippen molar-refractivity contribution in [2.75, 3.05) is 25.0 Å². The Bertz CT molecular complexity index is 759. The number of benzene rings is 2. The summed E-state index contributed by atoms with van der Waals surface area (Å²) >= 11 is 0. The maximum Gasteiger partial charge on any atom is 0.246 e. The lowest BCUT2D eigenvalue weighted by Crippen LogP contribution is -2.36. The summed E-state index contributed by atoms with van der Waals surface area (Å²) in [5.74, 6) is -0.488. The molecule has 5 nitrogen and oxygen atoms in total. The lowest BCUT2D eigenvalue weighted by atomic mass is 10.1. The minimum atomic E-state index is -0.595. The van der Waals surface area contributed by atoms with Crippen LogP contribution in [0.5, 0.6) is 0 Å². The van der Waals surface area contributed by atoms with Crippen molar-refractivity contribution in [3.8, 4) is 0 Å². The van der Waals surface area contributed by atoms with Gasteiger partial charge in [-0.15, -0.1) is 0 Å². The van der Waals surface area contributed by atoms with Crippen LogP contribution in [0, 0.1) is 5.82 Å². The molecule has 3 rings (SSSR count). The Labute approximate surface area is 158 Å². The fourth-order valence-corrected chi connectivity index (χ4v) is 3.20. The first kappa shape index (κ1) is 19.0. The van der Waals surface area contributed by atoms with Crippen LogP contribution in [0.25, 0.3) is 0 Å². The number of carbonyl (C=O) groups is 2. The summed E-state index contributed by atoms with van der Waals surface area (Å²) in [5.41, 5.74) is 1.34. The van der Waals surface area contributed by atoms with E-state index in [1.165, 1.54) is 24.3 Å². The molecule has 1 saturated heterocycles. The number of nitrogens with zero attached hydrogens (tertiary/aromatic N) is 1. The van der Waals surface area contributed by atoms with Gasteiger partial charge in [-0.1, -0.05) is 30.3 Å². The van der Waals surface area contributed by atoms with Crippen LogP contribution in [-0.4, -0.2) is 36.3 Å². The third-order valence-electron chi connectivity index (χ3n) is 4.65. The standard InChI is InChI=1S/C21H24FN3O2/c22-17-8-10-18(11-9-17)24-21(27)20(16-6-2-1-3-7-16)23-13-12-19(26)25-14-4-5-15-25/h1-3,6-11,20,23H,4-5,12-15H2,(H,24,27). The van der Waals surface area contributed by atoms with E-state index in [1.807, 2.05) is 35.2 Å². The fraction of sp³-hybridized carbons (Fsp3) is 0.333. The van der Waals surface area contributed by atoms with E-state index >= 15 is 0 Å². The van der Waals surface area contributed by atoms with Gasteiger partial charge in [-0.2, -0.15) is 0 Å². The summed E-state index contributed by atoms with van der Waals surface area (Å²) in [6, 6.07) is 14.4. The number of hydrogen-bond donors (Lipinski definition) is 2. The number of hydrogen-bond acceptors (Lipinski definition) is 3. The van der Waals surface area contributed by atoms with Crippen molar-refractivity contribution in [2.45, 2.75) is 25.3 Å². The van der Waals surface area contributed by atoms with E-state index in [1.54, 1.807) is 0 Å². The fourth-order valence-electron chi connectivity index (χ4n) is 3.20. The number of nitrogens with one attached hydrogen (secondary N) is 2. The quantitative estimate of drug-likeness (QED) is 0.788. The molecule has 1 fully saturated rings. The molecule has 1 unspecified atom stereocenters. The van der Waals surface area contributed by atoms with E-state index < -0.39 is 6.04 Å². The molecule has 27 heavy (non-hydrogen) atoms. The SMILES string of the molecule is O=C(Nc1ccc(F)cc1)C(NCCC(=O)N1CCCC1)c1ccccc1. The molecule has 1 atom stereocenters. The van der Waals surface area contributed by atoms with Crippen molar-refractivity contribution < 1.29 is 14.0 Å². The number of amides is 2. The Hall–Kier alpha value is -2.73. The summed E-state index contributed by atoms with van der Waals surface area (Å²) in [4.78, 5) is 26.8. The maximum atomic E-state index is 13.1. The van der Waals surface area contributed by atoms with Gasteiger partial charge in [0.2, 0.25) is 11.8 Å². The zero-order valence-corrected chi connectivity index (χ0v) is 15.2. The molecule has 142 valence electrons. The minimum Gasteiger partial charge on any atom is -0.343 e. The zero-order valence-electron chi connectivity index (χ0n) is 15.2. The van der Waals surface area contributed by atoms with Gasteiger partial charge >= 0.3 is 0 Å². The van der Waals surface area contributed by atoms with Gasteiger partial charge < -0.3 is 15.5 Å². The van der Waals surface area contributed by atoms with Crippen LogP contribution in [0.2, 0.25) is 0 Å². The van der Waals surface area contributed by atoms with Gasteiger partial charge in [-0.3, -0.25) is 9.59 Å². The lowest BCUT2D eigenvalue weighted by Gasteiger charge is -2.20. The van der Waals surface area contributed by atoms with Gasteiger partial charge in [0.15, 0.2) is 0 Å². The first-order valence-corrected chi connectivity index (χ1v) is 9.26. The first-order valence-electron chi connectivity index (χ1n) is 9.26. The van der Waals surface area contributed by atoms with Gasteiger partial charge in [0, 0.05) is 31.7 Å². The van der Waals surface area contributed by atoms with E-state index in [-0.39, 0.29) is 17.6 Å². The van der Waals surface area contributed by atoms with Crippen molar-refractivity contribution >= 4 is 17.5 Å². The largest absolute Gasteiger partial charge is 0.343 e. The smallest absolute Gasteiger partial charge is 0.246 e. The molecule has 0 saturated carbocycles. The first-order chi connectivity index (χ1) is 13.1. The molecule has 2 amide bonds. The number of carbonyl (C=O) groups excluding carboxylic acids is 2. The molecule has 1 aliphatic heterocycles. The molecule has 2 N–H and O–H groups in total. The van der Waals surface area contributed by atoms with Crippen LogP contribution in [0.4, 0.5) is 10.1 Å². The van der Waals surface area contributed by atoms with Crippen LogP contribution in [0.1, 0.15) is 30.9 Å². The lowest BCUT2D eigenvalue weighted by molar-refractivity contribution is -0.130. The molecule has 1 heterocycles. The summed E-state index contributed by atoms with van der Waals surface area (Å²) in [7, 11) is 0. The Kier molecular flexibility index (Phi) is 6.54. The van der Waals surface area contributed by atoms with Crippen LogP contribution in [0.15, 0.2) is 54.6 Å². The van der Waals surface area contributed by atoms with Gasteiger partial charge in [-0.25, -0.2) is 4.39 Å². The predicted molar refractivity (Wildman–Crippen MR) is 103 cm³/mol. The average Bonchev–Trinajstić information content (AvgIpc) is 3.22. The van der Waals surface area contributed by atoms with Crippen molar-refractivity contribution in [3.05, 3.63) is 66.0 Å². The predicted octanol–water partition coefficient (Wildman–Crippen LogP) is 3.11. The average molecular weight is 369 g/mol. The van der Waals surface area contributed by atoms with Crippen LogP contribution in [0.3, 0.4) is 0 Å². The second-order valence-corrected chi connectivity index (χ2v) is 6.63. The second-order valence-electron chi connectivity index (χ2n) is 6.63. The second kappa shape index (κ2) is 9.28. The summed E-state index contributed by atoms with van der Waals surface area (Å²) < 4.78 is 13.1. The van der Waals surface area contributed by atoms with E-state index in [0.717, 1.165) is 31.5 Å². The highest BCUT2D eigenvalue weighted by atomic mass is 19.1. The number of likely N-dealkylation sites (tertiary alicyclic amines) is 1. The normalized spacial score (nSPS) is 14.8. The van der Waals surface area contributed by atoms with Crippen molar-refractivity contribution in [1.29, 1.82) is 0 Å². The Balaban J connectivity index is 1.62. The van der Waals surface area contributed by atoms with E-state index in [0.29, 0.717) is 18.7 Å². The molecular formula is C21H24FN3O2. The minimum absolute atomic E-state index is 0.116. The van der Waals surface area contributed by atoms with Gasteiger partial charge in [0.05, 0.1) is 0 Å². The third kappa shape index (κ3) is 5.37. The maximum absolute atomic E-state index is 13.1. The summed E-state index contributed by atoms with van der Waals surface area (Å²) in [5, 5.41) is 5.99. The van der Waals surface area contributed by atoms with Gasteiger partial charge in [0.1, 0.15) is 11.9 Å². The Morgan fingerprint density at radius 2 is 1.67 bits per heavy atom. The topological polar surface area (TPSA) is 61.4 Å². The van der Waals surface area contributed by atoms with Gasteiger partial charge in [0.25, 0.3) is 0 Å². The van der Waals surface area contributed by atoms with E-state index in [9.17, 15) is 14.0 Å².